The average molecular weight is 506 g/mol. The molecular formula is C28H32FN5O3. The zero-order chi connectivity index (χ0) is 26.4. The van der Waals surface area contributed by atoms with Gasteiger partial charge in [0.2, 0.25) is 0 Å². The van der Waals surface area contributed by atoms with Crippen LogP contribution in [0.1, 0.15) is 70.0 Å². The van der Waals surface area contributed by atoms with E-state index in [9.17, 15) is 18.8 Å². The predicted molar refractivity (Wildman–Crippen MR) is 139 cm³/mol. The van der Waals surface area contributed by atoms with Gasteiger partial charge in [0.25, 0.3) is 11.8 Å². The number of piperidine rings is 1. The normalized spacial score (nSPS) is 14.2. The Kier molecular flexibility index (Phi) is 8.13. The average Bonchev–Trinajstić information content (AvgIpc) is 3.36. The number of anilines is 1. The Morgan fingerprint density at radius 1 is 0.973 bits per heavy atom. The molecule has 1 fully saturated rings. The highest BCUT2D eigenvalue weighted by molar-refractivity contribution is 6.10. The molecule has 1 aromatic heterocycles. The van der Waals surface area contributed by atoms with Gasteiger partial charge in [-0.3, -0.25) is 14.4 Å². The molecule has 3 N–H and O–H groups in total. The van der Waals surface area contributed by atoms with E-state index in [4.69, 9.17) is 0 Å². The largest absolute Gasteiger partial charge is 0.345 e. The molecule has 1 saturated heterocycles. The summed E-state index contributed by atoms with van der Waals surface area (Å²) in [4.78, 5) is 47.5. The number of nitrogens with one attached hydrogen (secondary N) is 3. The molecule has 0 aliphatic carbocycles. The minimum absolute atomic E-state index is 0.00170. The van der Waals surface area contributed by atoms with E-state index in [1.54, 1.807) is 24.3 Å². The molecular weight excluding hydrogens is 473 g/mol. The Bertz CT molecular complexity index is 1250. The Morgan fingerprint density at radius 2 is 1.65 bits per heavy atom. The zero-order valence-corrected chi connectivity index (χ0v) is 21.1. The van der Waals surface area contributed by atoms with Crippen molar-refractivity contribution in [3.63, 3.8) is 0 Å². The van der Waals surface area contributed by atoms with E-state index in [1.165, 1.54) is 49.9 Å². The van der Waals surface area contributed by atoms with E-state index in [-0.39, 0.29) is 29.5 Å². The number of carbonyl (C=O) groups is 3. The van der Waals surface area contributed by atoms with Gasteiger partial charge in [-0.25, -0.2) is 9.37 Å². The number of imidazole rings is 1. The summed E-state index contributed by atoms with van der Waals surface area (Å²) in [5.41, 5.74) is 1.31. The first-order valence-electron chi connectivity index (χ1n) is 12.5. The van der Waals surface area contributed by atoms with Crippen molar-refractivity contribution in [3.05, 3.63) is 83.2 Å². The number of H-pyrrole nitrogens is 1. The molecule has 3 aromatic rings. The molecule has 4 rings (SSSR count). The SMILES string of the molecule is CC(C)(CN1CCCCC1)NC(=O)c1[nH]cnc1C(=O)Nc1ccc(CC(=O)c2ccc(F)cc2)cc1. The summed E-state index contributed by atoms with van der Waals surface area (Å²) in [7, 11) is 0. The maximum absolute atomic E-state index is 13.1. The van der Waals surface area contributed by atoms with E-state index in [0.717, 1.165) is 25.2 Å². The topological polar surface area (TPSA) is 107 Å². The van der Waals surface area contributed by atoms with Crippen LogP contribution in [0.3, 0.4) is 0 Å². The predicted octanol–water partition coefficient (Wildman–Crippen LogP) is 4.22. The number of halogens is 1. The van der Waals surface area contributed by atoms with Gasteiger partial charge in [-0.15, -0.1) is 0 Å². The first-order valence-corrected chi connectivity index (χ1v) is 12.5. The van der Waals surface area contributed by atoms with Gasteiger partial charge in [0.05, 0.1) is 6.33 Å². The number of nitrogens with zero attached hydrogens (tertiary/aromatic N) is 2. The molecule has 1 aliphatic rings. The summed E-state index contributed by atoms with van der Waals surface area (Å²) >= 11 is 0. The maximum atomic E-state index is 13.1. The molecule has 2 heterocycles. The van der Waals surface area contributed by atoms with Crippen LogP contribution in [-0.4, -0.2) is 57.6 Å². The lowest BCUT2D eigenvalue weighted by atomic mass is 10.0. The van der Waals surface area contributed by atoms with Gasteiger partial charge in [-0.05, 0) is 81.7 Å². The Hall–Kier alpha value is -3.85. The number of rotatable bonds is 9. The number of benzene rings is 2. The third-order valence-electron chi connectivity index (χ3n) is 6.34. The molecule has 1 aliphatic heterocycles. The molecule has 37 heavy (non-hydrogen) atoms. The van der Waals surface area contributed by atoms with Crippen molar-refractivity contribution in [2.24, 2.45) is 0 Å². The van der Waals surface area contributed by atoms with Crippen LogP contribution >= 0.6 is 0 Å². The van der Waals surface area contributed by atoms with Crippen LogP contribution in [0.25, 0.3) is 0 Å². The van der Waals surface area contributed by atoms with E-state index >= 15 is 0 Å². The van der Waals surface area contributed by atoms with Crippen LogP contribution in [0.5, 0.6) is 0 Å². The number of hydrogen-bond donors (Lipinski definition) is 3. The fraction of sp³-hybridized carbons (Fsp3) is 0.357. The van der Waals surface area contributed by atoms with Gasteiger partial charge in [0, 0.05) is 29.8 Å². The van der Waals surface area contributed by atoms with Crippen molar-refractivity contribution >= 4 is 23.3 Å². The number of Topliss-reactive ketones (excluding diaryl/α,β-unsaturated/α-hetero) is 1. The van der Waals surface area contributed by atoms with Crippen LogP contribution in [0.15, 0.2) is 54.9 Å². The Labute approximate surface area is 215 Å². The highest BCUT2D eigenvalue weighted by Crippen LogP contribution is 2.17. The first-order chi connectivity index (χ1) is 17.7. The van der Waals surface area contributed by atoms with E-state index in [1.807, 2.05) is 13.8 Å². The van der Waals surface area contributed by atoms with Crippen molar-refractivity contribution < 1.29 is 18.8 Å². The highest BCUT2D eigenvalue weighted by atomic mass is 19.1. The molecule has 0 spiro atoms. The first kappa shape index (κ1) is 26.2. The van der Waals surface area contributed by atoms with Crippen molar-refractivity contribution in [2.75, 3.05) is 25.0 Å². The van der Waals surface area contributed by atoms with Gasteiger partial charge in [-0.2, -0.15) is 0 Å². The van der Waals surface area contributed by atoms with Gasteiger partial charge >= 0.3 is 0 Å². The highest BCUT2D eigenvalue weighted by Gasteiger charge is 2.28. The lowest BCUT2D eigenvalue weighted by Crippen LogP contribution is -2.52. The number of aromatic nitrogens is 2. The van der Waals surface area contributed by atoms with Crippen LogP contribution in [0.4, 0.5) is 10.1 Å². The molecule has 0 atom stereocenters. The molecule has 0 radical (unpaired) electrons. The molecule has 0 bridgehead atoms. The number of likely N-dealkylation sites (tertiary alicyclic amines) is 1. The lowest BCUT2D eigenvalue weighted by molar-refractivity contribution is 0.0865. The second-order valence-electron chi connectivity index (χ2n) is 10.1. The monoisotopic (exact) mass is 505 g/mol. The summed E-state index contributed by atoms with van der Waals surface area (Å²) < 4.78 is 13.1. The van der Waals surface area contributed by atoms with Crippen molar-refractivity contribution in [1.29, 1.82) is 0 Å². The molecule has 2 amide bonds. The van der Waals surface area contributed by atoms with E-state index < -0.39 is 17.3 Å². The maximum Gasteiger partial charge on any atom is 0.276 e. The van der Waals surface area contributed by atoms with Gasteiger partial charge < -0.3 is 20.5 Å². The number of carbonyl (C=O) groups excluding carboxylic acids is 3. The van der Waals surface area contributed by atoms with E-state index in [2.05, 4.69) is 25.5 Å². The fourth-order valence-electron chi connectivity index (χ4n) is 4.54. The summed E-state index contributed by atoms with van der Waals surface area (Å²) in [6, 6.07) is 12.3. The molecule has 0 unspecified atom stereocenters. The molecule has 2 aromatic carbocycles. The Balaban J connectivity index is 1.35. The van der Waals surface area contributed by atoms with Gasteiger partial charge in [-0.1, -0.05) is 18.6 Å². The van der Waals surface area contributed by atoms with Crippen LogP contribution < -0.4 is 10.6 Å². The Morgan fingerprint density at radius 3 is 2.32 bits per heavy atom. The van der Waals surface area contributed by atoms with E-state index in [0.29, 0.717) is 11.3 Å². The molecule has 8 nitrogen and oxygen atoms in total. The number of aromatic amines is 1. The summed E-state index contributed by atoms with van der Waals surface area (Å²) in [5.74, 6) is -1.43. The third kappa shape index (κ3) is 7.10. The second kappa shape index (κ2) is 11.5. The van der Waals surface area contributed by atoms with Crippen molar-refractivity contribution in [2.45, 2.75) is 45.1 Å². The van der Waals surface area contributed by atoms with Gasteiger partial charge in [0.15, 0.2) is 11.5 Å². The third-order valence-corrected chi connectivity index (χ3v) is 6.34. The number of ketones is 1. The fourth-order valence-corrected chi connectivity index (χ4v) is 4.54. The lowest BCUT2D eigenvalue weighted by Gasteiger charge is -2.35. The number of hydrogen-bond acceptors (Lipinski definition) is 5. The van der Waals surface area contributed by atoms with Gasteiger partial charge in [0.1, 0.15) is 11.5 Å². The van der Waals surface area contributed by atoms with Crippen molar-refractivity contribution in [3.8, 4) is 0 Å². The van der Waals surface area contributed by atoms with Crippen LogP contribution in [-0.2, 0) is 6.42 Å². The van der Waals surface area contributed by atoms with Crippen molar-refractivity contribution in [1.82, 2.24) is 20.2 Å². The zero-order valence-electron chi connectivity index (χ0n) is 21.1. The molecule has 0 saturated carbocycles. The minimum Gasteiger partial charge on any atom is -0.345 e. The van der Waals surface area contributed by atoms with Crippen LogP contribution in [0.2, 0.25) is 0 Å². The summed E-state index contributed by atoms with van der Waals surface area (Å²) in [5, 5.41) is 5.77. The quantitative estimate of drug-likeness (QED) is 0.378. The molecule has 9 heteroatoms. The van der Waals surface area contributed by atoms with Crippen LogP contribution in [0, 0.1) is 5.82 Å². The summed E-state index contributed by atoms with van der Waals surface area (Å²) in [6.07, 6.45) is 5.05. The minimum atomic E-state index is -0.518. The number of amides is 2. The second-order valence-corrected chi connectivity index (χ2v) is 10.1. The smallest absolute Gasteiger partial charge is 0.276 e. The summed E-state index contributed by atoms with van der Waals surface area (Å²) in [6.45, 7) is 6.72. The standard InChI is InChI=1S/C28H32FN5O3/c1-28(2,17-34-14-4-3-5-15-34)33-27(37)25-24(30-18-31-25)26(36)32-22-12-6-19(7-13-22)16-23(35)20-8-10-21(29)11-9-20/h6-13,18H,3-5,14-17H2,1-2H3,(H,30,31)(H,32,36)(H,33,37). The molecule has 194 valence electrons.